The second kappa shape index (κ2) is 5.75. The summed E-state index contributed by atoms with van der Waals surface area (Å²) in [5, 5.41) is 3.54. The van der Waals surface area contributed by atoms with Crippen molar-refractivity contribution in [2.75, 3.05) is 12.4 Å². The van der Waals surface area contributed by atoms with E-state index < -0.39 is 6.10 Å². The predicted octanol–water partition coefficient (Wildman–Crippen LogP) is 2.78. The quantitative estimate of drug-likeness (QED) is 0.921. The molecule has 0 radical (unpaired) electrons. The number of benzene rings is 1. The van der Waals surface area contributed by atoms with Gasteiger partial charge in [0, 0.05) is 7.11 Å². The lowest BCUT2D eigenvalue weighted by molar-refractivity contribution is -0.126. The number of ether oxygens (including phenoxy) is 1. The summed E-state index contributed by atoms with van der Waals surface area (Å²) < 4.78 is 9.36. The number of anilines is 1. The highest BCUT2D eigenvalue weighted by molar-refractivity contribution is 7.10. The van der Waals surface area contributed by atoms with E-state index in [-0.39, 0.29) is 5.91 Å². The van der Waals surface area contributed by atoms with E-state index in [9.17, 15) is 4.79 Å². The topological polar surface area (TPSA) is 51.2 Å². The molecule has 1 atom stereocenters. The van der Waals surface area contributed by atoms with Crippen molar-refractivity contribution in [3.8, 4) is 0 Å². The SMILES string of the molecule is CO[C@@H](C(=O)Nc1cc(C)ns1)c1ccccc1. The maximum absolute atomic E-state index is 12.1. The fraction of sp³-hybridized carbons (Fsp3) is 0.231. The van der Waals surface area contributed by atoms with Gasteiger partial charge in [0.15, 0.2) is 6.10 Å². The van der Waals surface area contributed by atoms with Crippen molar-refractivity contribution < 1.29 is 9.53 Å². The first-order chi connectivity index (χ1) is 8.70. The van der Waals surface area contributed by atoms with E-state index in [0.717, 1.165) is 16.3 Å². The molecule has 0 bridgehead atoms. The van der Waals surface area contributed by atoms with E-state index in [1.165, 1.54) is 18.6 Å². The molecule has 1 aromatic heterocycles. The van der Waals surface area contributed by atoms with Crippen LogP contribution in [0, 0.1) is 6.92 Å². The number of rotatable bonds is 4. The van der Waals surface area contributed by atoms with Gasteiger partial charge in [-0.2, -0.15) is 4.37 Å². The summed E-state index contributed by atoms with van der Waals surface area (Å²) in [7, 11) is 1.52. The minimum absolute atomic E-state index is 0.188. The first-order valence-corrected chi connectivity index (χ1v) is 6.30. The average Bonchev–Trinajstić information content (AvgIpc) is 2.77. The van der Waals surface area contributed by atoms with Crippen molar-refractivity contribution in [3.63, 3.8) is 0 Å². The van der Waals surface area contributed by atoms with Crippen LogP contribution < -0.4 is 5.32 Å². The van der Waals surface area contributed by atoms with Crippen molar-refractivity contribution in [1.82, 2.24) is 4.37 Å². The number of hydrogen-bond acceptors (Lipinski definition) is 4. The standard InChI is InChI=1S/C13H14N2O2S/c1-9-8-11(18-15-9)14-13(16)12(17-2)10-6-4-3-5-7-10/h3-8,12H,1-2H3,(H,14,16)/t12-/m1/s1. The van der Waals surface area contributed by atoms with E-state index in [1.807, 2.05) is 43.3 Å². The van der Waals surface area contributed by atoms with Gasteiger partial charge in [-0.05, 0) is 30.1 Å². The van der Waals surface area contributed by atoms with Crippen LogP contribution >= 0.6 is 11.5 Å². The van der Waals surface area contributed by atoms with Crippen molar-refractivity contribution in [3.05, 3.63) is 47.7 Å². The number of amides is 1. The molecule has 0 aliphatic carbocycles. The Morgan fingerprint density at radius 3 is 2.67 bits per heavy atom. The zero-order valence-corrected chi connectivity index (χ0v) is 11.0. The molecule has 1 N–H and O–H groups in total. The molecule has 1 heterocycles. The molecule has 0 unspecified atom stereocenters. The van der Waals surface area contributed by atoms with Gasteiger partial charge in [0.05, 0.1) is 5.69 Å². The van der Waals surface area contributed by atoms with Crippen LogP contribution in [0.3, 0.4) is 0 Å². The second-order valence-electron chi connectivity index (χ2n) is 3.85. The summed E-state index contributed by atoms with van der Waals surface area (Å²) in [5.74, 6) is -0.188. The molecule has 2 rings (SSSR count). The first kappa shape index (κ1) is 12.7. The van der Waals surface area contributed by atoms with Crippen LogP contribution in [0.5, 0.6) is 0 Å². The highest BCUT2D eigenvalue weighted by Gasteiger charge is 2.20. The van der Waals surface area contributed by atoms with E-state index in [1.54, 1.807) is 0 Å². The molecule has 0 fully saturated rings. The summed E-state index contributed by atoms with van der Waals surface area (Å²) >= 11 is 1.26. The fourth-order valence-corrected chi connectivity index (χ4v) is 2.30. The predicted molar refractivity (Wildman–Crippen MR) is 71.7 cm³/mol. The molecule has 94 valence electrons. The Balaban J connectivity index is 2.11. The maximum Gasteiger partial charge on any atom is 0.258 e. The van der Waals surface area contributed by atoms with E-state index in [2.05, 4.69) is 9.69 Å². The van der Waals surface area contributed by atoms with Gasteiger partial charge in [-0.25, -0.2) is 0 Å². The van der Waals surface area contributed by atoms with Gasteiger partial charge in [-0.3, -0.25) is 4.79 Å². The third-order valence-corrected chi connectivity index (χ3v) is 3.25. The molecular weight excluding hydrogens is 248 g/mol. The lowest BCUT2D eigenvalue weighted by Crippen LogP contribution is -2.22. The van der Waals surface area contributed by atoms with Crippen LogP contribution in [0.15, 0.2) is 36.4 Å². The maximum atomic E-state index is 12.1. The van der Waals surface area contributed by atoms with Gasteiger partial charge in [0.25, 0.3) is 5.91 Å². The third-order valence-electron chi connectivity index (χ3n) is 2.45. The summed E-state index contributed by atoms with van der Waals surface area (Å²) in [5.41, 5.74) is 1.72. The number of carbonyl (C=O) groups is 1. The number of nitrogens with one attached hydrogen (secondary N) is 1. The number of carbonyl (C=O) groups excluding carboxylic acids is 1. The first-order valence-electron chi connectivity index (χ1n) is 5.52. The Bertz CT molecular complexity index is 525. The van der Waals surface area contributed by atoms with Crippen molar-refractivity contribution in [2.24, 2.45) is 0 Å². The molecule has 4 nitrogen and oxygen atoms in total. The lowest BCUT2D eigenvalue weighted by Gasteiger charge is -2.14. The molecule has 0 saturated carbocycles. The molecule has 1 amide bonds. The van der Waals surface area contributed by atoms with Crippen LogP contribution in [0.2, 0.25) is 0 Å². The summed E-state index contributed by atoms with van der Waals surface area (Å²) in [6, 6.07) is 11.2. The number of aromatic nitrogens is 1. The zero-order valence-electron chi connectivity index (χ0n) is 10.2. The van der Waals surface area contributed by atoms with Gasteiger partial charge in [0.1, 0.15) is 5.00 Å². The molecule has 5 heteroatoms. The van der Waals surface area contributed by atoms with Gasteiger partial charge < -0.3 is 10.1 Å². The van der Waals surface area contributed by atoms with E-state index >= 15 is 0 Å². The summed E-state index contributed by atoms with van der Waals surface area (Å²) in [6.07, 6.45) is -0.603. The minimum atomic E-state index is -0.603. The number of nitrogens with zero attached hydrogens (tertiary/aromatic N) is 1. The van der Waals surface area contributed by atoms with Gasteiger partial charge in [-0.1, -0.05) is 30.3 Å². The van der Waals surface area contributed by atoms with Gasteiger partial charge in [0.2, 0.25) is 0 Å². The second-order valence-corrected chi connectivity index (χ2v) is 4.65. The molecule has 0 saturated heterocycles. The Morgan fingerprint density at radius 1 is 1.39 bits per heavy atom. The fourth-order valence-electron chi connectivity index (χ4n) is 1.63. The van der Waals surface area contributed by atoms with Crippen molar-refractivity contribution in [1.29, 1.82) is 0 Å². The van der Waals surface area contributed by atoms with Gasteiger partial charge >= 0.3 is 0 Å². The Hall–Kier alpha value is -1.72. The molecule has 1 aromatic carbocycles. The highest BCUT2D eigenvalue weighted by atomic mass is 32.1. The molecule has 0 aliphatic heterocycles. The molecule has 2 aromatic rings. The van der Waals surface area contributed by atoms with E-state index in [0.29, 0.717) is 0 Å². The largest absolute Gasteiger partial charge is 0.367 e. The summed E-state index contributed by atoms with van der Waals surface area (Å²) in [4.78, 5) is 12.1. The van der Waals surface area contributed by atoms with Crippen molar-refractivity contribution >= 4 is 22.4 Å². The van der Waals surface area contributed by atoms with Crippen LogP contribution in [0.25, 0.3) is 0 Å². The summed E-state index contributed by atoms with van der Waals surface area (Å²) in [6.45, 7) is 1.89. The van der Waals surface area contributed by atoms with Crippen LogP contribution in [-0.4, -0.2) is 17.4 Å². The lowest BCUT2D eigenvalue weighted by atomic mass is 10.1. The Kier molecular flexibility index (Phi) is 4.07. The zero-order chi connectivity index (χ0) is 13.0. The molecular formula is C13H14N2O2S. The third kappa shape index (κ3) is 2.94. The minimum Gasteiger partial charge on any atom is -0.367 e. The highest BCUT2D eigenvalue weighted by Crippen LogP contribution is 2.21. The monoisotopic (exact) mass is 262 g/mol. The number of methoxy groups -OCH3 is 1. The van der Waals surface area contributed by atoms with Gasteiger partial charge in [-0.15, -0.1) is 0 Å². The Morgan fingerprint density at radius 2 is 2.11 bits per heavy atom. The van der Waals surface area contributed by atoms with Crippen LogP contribution in [0.4, 0.5) is 5.00 Å². The number of aryl methyl sites for hydroxylation is 1. The molecule has 18 heavy (non-hydrogen) atoms. The normalized spacial score (nSPS) is 12.1. The molecule has 0 spiro atoms. The van der Waals surface area contributed by atoms with Crippen LogP contribution in [0.1, 0.15) is 17.4 Å². The van der Waals surface area contributed by atoms with E-state index in [4.69, 9.17) is 4.74 Å². The van der Waals surface area contributed by atoms with Crippen molar-refractivity contribution in [2.45, 2.75) is 13.0 Å². The average molecular weight is 262 g/mol. The van der Waals surface area contributed by atoms with Crippen LogP contribution in [-0.2, 0) is 9.53 Å². The number of hydrogen-bond donors (Lipinski definition) is 1. The molecule has 0 aliphatic rings. The smallest absolute Gasteiger partial charge is 0.258 e. The Labute approximate surface area is 110 Å².